The number of rotatable bonds is 4. The number of hydrogen-bond acceptors (Lipinski definition) is 3. The Hall–Kier alpha value is -0.580. The number of nitrogens with one attached hydrogen (secondary N) is 1. The van der Waals surface area contributed by atoms with Crippen LogP contribution in [0.15, 0.2) is 6.07 Å². The SMILES string of the molecule is CCCc1sc(C(=O)N2CCNC[C@H]2C)cc1CC.Cl. The molecule has 114 valence electrons. The zero-order valence-electron chi connectivity index (χ0n) is 12.6. The number of carbonyl (C=O) groups excluding carboxylic acids is 1. The highest BCUT2D eigenvalue weighted by Gasteiger charge is 2.25. The van der Waals surface area contributed by atoms with Gasteiger partial charge in [0.15, 0.2) is 0 Å². The highest BCUT2D eigenvalue weighted by Crippen LogP contribution is 2.26. The second kappa shape index (κ2) is 8.01. The zero-order chi connectivity index (χ0) is 13.8. The van der Waals surface area contributed by atoms with Crippen molar-refractivity contribution in [3.63, 3.8) is 0 Å². The Kier molecular flexibility index (Phi) is 7.00. The van der Waals surface area contributed by atoms with Gasteiger partial charge in [0.1, 0.15) is 0 Å². The third-order valence-electron chi connectivity index (χ3n) is 3.73. The van der Waals surface area contributed by atoms with Crippen LogP contribution in [-0.2, 0) is 12.8 Å². The van der Waals surface area contributed by atoms with E-state index in [-0.39, 0.29) is 18.3 Å². The number of aryl methyl sites for hydroxylation is 2. The average Bonchev–Trinajstić information content (AvgIpc) is 2.82. The summed E-state index contributed by atoms with van der Waals surface area (Å²) in [4.78, 5) is 16.9. The summed E-state index contributed by atoms with van der Waals surface area (Å²) < 4.78 is 0. The minimum absolute atomic E-state index is 0. The molecule has 0 spiro atoms. The van der Waals surface area contributed by atoms with Crippen LogP contribution < -0.4 is 5.32 Å². The van der Waals surface area contributed by atoms with Gasteiger partial charge in [-0.05, 0) is 31.4 Å². The van der Waals surface area contributed by atoms with Gasteiger partial charge in [0.25, 0.3) is 5.91 Å². The van der Waals surface area contributed by atoms with Crippen molar-refractivity contribution in [3.05, 3.63) is 21.4 Å². The van der Waals surface area contributed by atoms with Crippen LogP contribution in [0.25, 0.3) is 0 Å². The number of piperazine rings is 1. The van der Waals surface area contributed by atoms with E-state index in [0.717, 1.165) is 43.8 Å². The maximum absolute atomic E-state index is 12.6. The lowest BCUT2D eigenvalue weighted by molar-refractivity contribution is 0.0660. The summed E-state index contributed by atoms with van der Waals surface area (Å²) in [6, 6.07) is 2.41. The minimum Gasteiger partial charge on any atom is -0.333 e. The molecule has 1 atom stereocenters. The standard InChI is InChI=1S/C15H24N2OS.ClH/c1-4-6-13-12(5-2)9-14(19-13)15(18)17-8-7-16-10-11(17)3;/h9,11,16H,4-8,10H2,1-3H3;1H/t11-;/m1./s1. The predicted octanol–water partition coefficient (Wildman–Crippen LogP) is 3.12. The fraction of sp³-hybridized carbons (Fsp3) is 0.667. The van der Waals surface area contributed by atoms with Crippen LogP contribution in [0.4, 0.5) is 0 Å². The van der Waals surface area contributed by atoms with Crippen molar-refractivity contribution in [3.8, 4) is 0 Å². The van der Waals surface area contributed by atoms with E-state index >= 15 is 0 Å². The first kappa shape index (κ1) is 17.5. The quantitative estimate of drug-likeness (QED) is 0.925. The van der Waals surface area contributed by atoms with Gasteiger partial charge in [-0.15, -0.1) is 23.7 Å². The summed E-state index contributed by atoms with van der Waals surface area (Å²) in [7, 11) is 0. The molecule has 1 aromatic rings. The van der Waals surface area contributed by atoms with E-state index in [0.29, 0.717) is 6.04 Å². The van der Waals surface area contributed by atoms with Gasteiger partial charge in [0, 0.05) is 30.6 Å². The Morgan fingerprint density at radius 2 is 2.25 bits per heavy atom. The van der Waals surface area contributed by atoms with Gasteiger partial charge in [-0.3, -0.25) is 4.79 Å². The molecule has 2 heterocycles. The topological polar surface area (TPSA) is 32.3 Å². The van der Waals surface area contributed by atoms with Gasteiger partial charge in [-0.25, -0.2) is 0 Å². The van der Waals surface area contributed by atoms with Crippen LogP contribution >= 0.6 is 23.7 Å². The molecule has 20 heavy (non-hydrogen) atoms. The number of halogens is 1. The van der Waals surface area contributed by atoms with Crippen molar-refractivity contribution in [2.45, 2.75) is 46.1 Å². The van der Waals surface area contributed by atoms with Gasteiger partial charge in [0.05, 0.1) is 4.88 Å². The van der Waals surface area contributed by atoms with Crippen LogP contribution in [0.1, 0.15) is 47.3 Å². The maximum atomic E-state index is 12.6. The van der Waals surface area contributed by atoms with Crippen LogP contribution in [0.2, 0.25) is 0 Å². The Balaban J connectivity index is 0.00000200. The summed E-state index contributed by atoms with van der Waals surface area (Å²) in [6.45, 7) is 9.11. The second-order valence-electron chi connectivity index (χ2n) is 5.21. The summed E-state index contributed by atoms with van der Waals surface area (Å²) in [6.07, 6.45) is 3.26. The van der Waals surface area contributed by atoms with Crippen molar-refractivity contribution in [1.82, 2.24) is 10.2 Å². The highest BCUT2D eigenvalue weighted by atomic mass is 35.5. The summed E-state index contributed by atoms with van der Waals surface area (Å²) in [5.74, 6) is 0.219. The Morgan fingerprint density at radius 1 is 1.50 bits per heavy atom. The molecule has 0 bridgehead atoms. The summed E-state index contributed by atoms with van der Waals surface area (Å²) >= 11 is 1.70. The van der Waals surface area contributed by atoms with E-state index in [4.69, 9.17) is 0 Å². The summed E-state index contributed by atoms with van der Waals surface area (Å²) in [5, 5.41) is 3.33. The molecule has 5 heteroatoms. The van der Waals surface area contributed by atoms with E-state index in [2.05, 4.69) is 32.2 Å². The van der Waals surface area contributed by atoms with Crippen LogP contribution in [0, 0.1) is 0 Å². The molecule has 1 amide bonds. The molecule has 0 saturated carbocycles. The fourth-order valence-corrected chi connectivity index (χ4v) is 3.91. The molecule has 1 N–H and O–H groups in total. The number of carbonyl (C=O) groups is 1. The number of nitrogens with zero attached hydrogens (tertiary/aromatic N) is 1. The first-order valence-electron chi connectivity index (χ1n) is 7.30. The molecule has 1 saturated heterocycles. The fourth-order valence-electron chi connectivity index (χ4n) is 2.59. The number of thiophene rings is 1. The molecule has 0 radical (unpaired) electrons. The predicted molar refractivity (Wildman–Crippen MR) is 88.3 cm³/mol. The molecule has 0 unspecified atom stereocenters. The molecule has 3 nitrogen and oxygen atoms in total. The van der Waals surface area contributed by atoms with E-state index in [1.54, 1.807) is 11.3 Å². The third-order valence-corrected chi connectivity index (χ3v) is 4.95. The third kappa shape index (κ3) is 3.74. The molecule has 1 aliphatic heterocycles. The van der Waals surface area contributed by atoms with Crippen molar-refractivity contribution >= 4 is 29.7 Å². The van der Waals surface area contributed by atoms with Gasteiger partial charge >= 0.3 is 0 Å². The highest BCUT2D eigenvalue weighted by molar-refractivity contribution is 7.14. The van der Waals surface area contributed by atoms with Crippen LogP contribution in [0.3, 0.4) is 0 Å². The molecular formula is C15H25ClN2OS. The lowest BCUT2D eigenvalue weighted by Crippen LogP contribution is -2.52. The molecule has 2 rings (SSSR count). The first-order valence-corrected chi connectivity index (χ1v) is 8.12. The number of amides is 1. The number of hydrogen-bond donors (Lipinski definition) is 1. The van der Waals surface area contributed by atoms with Gasteiger partial charge < -0.3 is 10.2 Å². The first-order chi connectivity index (χ1) is 9.17. The molecule has 0 aliphatic carbocycles. The van der Waals surface area contributed by atoms with Gasteiger partial charge in [-0.1, -0.05) is 20.3 Å². The van der Waals surface area contributed by atoms with E-state index in [1.807, 2.05) is 4.90 Å². The van der Waals surface area contributed by atoms with E-state index in [9.17, 15) is 4.79 Å². The van der Waals surface area contributed by atoms with Gasteiger partial charge in [0.2, 0.25) is 0 Å². The smallest absolute Gasteiger partial charge is 0.264 e. The average molecular weight is 317 g/mol. The van der Waals surface area contributed by atoms with E-state index in [1.165, 1.54) is 10.4 Å². The van der Waals surface area contributed by atoms with Crippen molar-refractivity contribution in [2.24, 2.45) is 0 Å². The Morgan fingerprint density at radius 3 is 2.85 bits per heavy atom. The Bertz CT molecular complexity index is 447. The zero-order valence-corrected chi connectivity index (χ0v) is 14.2. The monoisotopic (exact) mass is 316 g/mol. The molecular weight excluding hydrogens is 292 g/mol. The molecule has 1 fully saturated rings. The lowest BCUT2D eigenvalue weighted by atomic mass is 10.1. The Labute approximate surface area is 132 Å². The van der Waals surface area contributed by atoms with Crippen molar-refractivity contribution in [2.75, 3.05) is 19.6 Å². The largest absolute Gasteiger partial charge is 0.333 e. The van der Waals surface area contributed by atoms with Crippen LogP contribution in [0.5, 0.6) is 0 Å². The normalized spacial score (nSPS) is 18.8. The minimum atomic E-state index is 0. The van der Waals surface area contributed by atoms with Crippen molar-refractivity contribution < 1.29 is 4.79 Å². The van der Waals surface area contributed by atoms with Crippen LogP contribution in [-0.4, -0.2) is 36.5 Å². The van der Waals surface area contributed by atoms with Crippen molar-refractivity contribution in [1.29, 1.82) is 0 Å². The van der Waals surface area contributed by atoms with Gasteiger partial charge in [-0.2, -0.15) is 0 Å². The summed E-state index contributed by atoms with van der Waals surface area (Å²) in [5.41, 5.74) is 1.36. The van der Waals surface area contributed by atoms with E-state index < -0.39 is 0 Å². The maximum Gasteiger partial charge on any atom is 0.264 e. The second-order valence-corrected chi connectivity index (χ2v) is 6.35. The molecule has 1 aliphatic rings. The lowest BCUT2D eigenvalue weighted by Gasteiger charge is -2.33. The molecule has 0 aromatic carbocycles. The molecule has 1 aromatic heterocycles.